The first kappa shape index (κ1) is 33.5. The Bertz CT molecular complexity index is 1370. The minimum Gasteiger partial charge on any atom is -0.497 e. The fraction of sp³-hybridized carbons (Fsp3) is 0.474. The molecule has 6 atom stereocenters. The van der Waals surface area contributed by atoms with Gasteiger partial charge in [0, 0.05) is 6.20 Å². The van der Waals surface area contributed by atoms with Gasteiger partial charge in [-0.1, -0.05) is 12.1 Å². The predicted octanol–water partition coefficient (Wildman–Crippen LogP) is 0.191. The molecule has 1 aliphatic rings. The molecule has 0 radical (unpaired) electrons. The van der Waals surface area contributed by atoms with E-state index < -0.39 is 60.3 Å². The zero-order valence-corrected chi connectivity index (χ0v) is 23.8. The van der Waals surface area contributed by atoms with Gasteiger partial charge in [-0.25, -0.2) is 24.0 Å². The van der Waals surface area contributed by atoms with Crippen molar-refractivity contribution in [2.75, 3.05) is 25.8 Å². The maximum Gasteiger partial charge on any atom is 0.490 e. The van der Waals surface area contributed by atoms with Gasteiger partial charge in [-0.3, -0.25) is 13.9 Å². The zero-order chi connectivity index (χ0) is 30.4. The normalized spacial score (nSPS) is 24.0. The van der Waals surface area contributed by atoms with Crippen LogP contribution in [0, 0.1) is 0 Å². The highest BCUT2D eigenvalue weighted by Crippen LogP contribution is 2.66. The van der Waals surface area contributed by atoms with E-state index in [4.69, 9.17) is 24.1 Å². The molecule has 0 spiro atoms. The van der Waals surface area contributed by atoms with Crippen molar-refractivity contribution in [1.82, 2.24) is 9.55 Å². The van der Waals surface area contributed by atoms with Crippen LogP contribution in [0.25, 0.3) is 0 Å². The van der Waals surface area contributed by atoms with Crippen LogP contribution in [-0.4, -0.2) is 78.0 Å². The van der Waals surface area contributed by atoms with E-state index in [1.54, 1.807) is 7.11 Å². The number of phosphoric acid groups is 3. The van der Waals surface area contributed by atoms with Crippen LogP contribution in [0.5, 0.6) is 5.75 Å². The van der Waals surface area contributed by atoms with E-state index in [1.807, 2.05) is 24.3 Å². The number of rotatable bonds is 15. The average Bonchev–Trinajstić information content (AvgIpc) is 3.14. The zero-order valence-electron chi connectivity index (χ0n) is 21.1. The van der Waals surface area contributed by atoms with Gasteiger partial charge in [-0.2, -0.15) is 13.6 Å². The summed E-state index contributed by atoms with van der Waals surface area (Å²) in [5.74, 6) is 0.782. The Morgan fingerprint density at radius 1 is 1.00 bits per heavy atom. The minimum atomic E-state index is -5.75. The second kappa shape index (κ2) is 13.9. The van der Waals surface area contributed by atoms with E-state index in [9.17, 15) is 38.5 Å². The summed E-state index contributed by atoms with van der Waals surface area (Å²) in [6, 6.07) is 8.85. The second-order valence-electron chi connectivity index (χ2n) is 8.34. The van der Waals surface area contributed by atoms with Gasteiger partial charge in [0.15, 0.2) is 12.0 Å². The third-order valence-electron chi connectivity index (χ3n) is 5.31. The summed E-state index contributed by atoms with van der Waals surface area (Å²) in [5.41, 5.74) is 2.66. The molecule has 0 bridgehead atoms. The Labute approximate surface area is 231 Å². The van der Waals surface area contributed by atoms with Gasteiger partial charge in [0.05, 0.1) is 20.3 Å². The highest BCUT2D eigenvalue weighted by molar-refractivity contribution is 7.66. The van der Waals surface area contributed by atoms with Gasteiger partial charge in [0.2, 0.25) is 0 Å². The molecule has 2 unspecified atom stereocenters. The lowest BCUT2D eigenvalue weighted by Crippen LogP contribution is -2.36. The number of aliphatic hydroxyl groups is 2. The summed E-state index contributed by atoms with van der Waals surface area (Å²) >= 11 is 0. The summed E-state index contributed by atoms with van der Waals surface area (Å²) in [5, 5.41) is 20.5. The molecule has 19 nitrogen and oxygen atoms in total. The average molecular weight is 647 g/mol. The van der Waals surface area contributed by atoms with Crippen molar-refractivity contribution in [1.29, 1.82) is 0 Å². The van der Waals surface area contributed by atoms with Crippen LogP contribution in [0.1, 0.15) is 18.2 Å². The summed E-state index contributed by atoms with van der Waals surface area (Å²) in [7, 11) is -15.3. The van der Waals surface area contributed by atoms with Crippen molar-refractivity contribution in [2.45, 2.75) is 37.4 Å². The van der Waals surface area contributed by atoms with Crippen molar-refractivity contribution < 1.29 is 70.9 Å². The molecular formula is C19H28N3O16P3. The molecule has 3 rings (SSSR count). The van der Waals surface area contributed by atoms with Crippen LogP contribution in [-0.2, 0) is 42.8 Å². The van der Waals surface area contributed by atoms with Gasteiger partial charge in [-0.05, 0) is 36.6 Å². The third-order valence-corrected chi connectivity index (χ3v) is 9.11. The number of methoxy groups -OCH3 is 1. The lowest BCUT2D eigenvalue weighted by Gasteiger charge is -2.19. The minimum absolute atomic E-state index is 0.0351. The first-order chi connectivity index (χ1) is 19.1. The maximum absolute atomic E-state index is 12.5. The first-order valence-electron chi connectivity index (χ1n) is 11.5. The number of aliphatic hydroxyl groups excluding tert-OH is 2. The van der Waals surface area contributed by atoms with Crippen LogP contribution in [0.4, 0.5) is 5.82 Å². The second-order valence-corrected chi connectivity index (χ2v) is 12.8. The molecule has 230 valence electrons. The summed E-state index contributed by atoms with van der Waals surface area (Å²) in [6.07, 6.45) is -4.09. The van der Waals surface area contributed by atoms with Gasteiger partial charge in [0.1, 0.15) is 24.1 Å². The number of nitrogens with one attached hydrogen (secondary N) is 1. The van der Waals surface area contributed by atoms with Gasteiger partial charge < -0.3 is 39.3 Å². The molecule has 0 amide bonds. The van der Waals surface area contributed by atoms with Crippen LogP contribution in [0.15, 0.2) is 41.3 Å². The molecule has 1 fully saturated rings. The summed E-state index contributed by atoms with van der Waals surface area (Å²) in [6.45, 7) is -0.755. The lowest BCUT2D eigenvalue weighted by atomic mass is 10.1. The highest BCUT2D eigenvalue weighted by Gasteiger charge is 2.46. The van der Waals surface area contributed by atoms with E-state index in [-0.39, 0.29) is 12.4 Å². The number of hydrogen-bond acceptors (Lipinski definition) is 14. The Morgan fingerprint density at radius 2 is 1.68 bits per heavy atom. The third kappa shape index (κ3) is 10.3. The fourth-order valence-electron chi connectivity index (χ4n) is 3.50. The predicted molar refractivity (Wildman–Crippen MR) is 135 cm³/mol. The quantitative estimate of drug-likeness (QED) is 0.0772. The number of anilines is 1. The van der Waals surface area contributed by atoms with E-state index >= 15 is 0 Å². The Kier molecular flexibility index (Phi) is 11.4. The topological polar surface area (TPSA) is 275 Å². The molecular weight excluding hydrogens is 619 g/mol. The number of hydrogen-bond donors (Lipinski definition) is 7. The van der Waals surface area contributed by atoms with Gasteiger partial charge in [-0.15, -0.1) is 0 Å². The van der Waals surface area contributed by atoms with E-state index in [0.29, 0.717) is 6.42 Å². The Morgan fingerprint density at radius 3 is 2.29 bits per heavy atom. The molecule has 1 aromatic heterocycles. The molecule has 2 heterocycles. The summed E-state index contributed by atoms with van der Waals surface area (Å²) in [4.78, 5) is 57.4. The maximum atomic E-state index is 12.5. The van der Waals surface area contributed by atoms with E-state index in [1.165, 1.54) is 12.3 Å². The van der Waals surface area contributed by atoms with Crippen LogP contribution < -0.4 is 15.9 Å². The molecule has 2 aromatic rings. The first-order valence-corrected chi connectivity index (χ1v) is 16.0. The van der Waals surface area contributed by atoms with Crippen molar-refractivity contribution >= 4 is 29.3 Å². The van der Waals surface area contributed by atoms with Gasteiger partial charge >= 0.3 is 29.2 Å². The molecule has 0 aliphatic carbocycles. The number of ether oxygens (including phenoxy) is 2. The smallest absolute Gasteiger partial charge is 0.490 e. The van der Waals surface area contributed by atoms with E-state index in [2.05, 4.69) is 23.6 Å². The van der Waals surface area contributed by atoms with Crippen molar-refractivity contribution in [3.8, 4) is 5.75 Å². The van der Waals surface area contributed by atoms with Crippen LogP contribution in [0.2, 0.25) is 0 Å². The van der Waals surface area contributed by atoms with Crippen LogP contribution in [0.3, 0.4) is 0 Å². The number of aryl methyl sites for hydroxylation is 1. The molecule has 1 aromatic carbocycles. The van der Waals surface area contributed by atoms with Gasteiger partial charge in [0.25, 0.3) is 0 Å². The number of nitrogens with zero attached hydrogens (tertiary/aromatic N) is 2. The van der Waals surface area contributed by atoms with Crippen molar-refractivity contribution in [3.63, 3.8) is 0 Å². The molecule has 1 saturated heterocycles. The molecule has 0 saturated carbocycles. The standard InChI is InChI=1S/C19H28N3O16P3/c1-33-13-6-4-12(5-7-13)3-2-10-34-21-15-8-9-22(19(25)20-15)18-17(24)16(23)14(36-18)11-35-40(29,30)38-41(31,32)37-39(26,27)28/h4-9,14,16-18,23-24H,2-3,10-11H2,1H3,(H,29,30)(H,31,32)(H,20,21,25)(H2,26,27,28)/t14-,16-,17-,18-/m1/s1. The highest BCUT2D eigenvalue weighted by atomic mass is 31.3. The van der Waals surface area contributed by atoms with Crippen molar-refractivity contribution in [2.24, 2.45) is 0 Å². The fourth-order valence-corrected chi connectivity index (χ4v) is 6.53. The Hall–Kier alpha value is -2.05. The van der Waals surface area contributed by atoms with Crippen molar-refractivity contribution in [3.05, 3.63) is 52.6 Å². The number of benzene rings is 1. The van der Waals surface area contributed by atoms with Crippen LogP contribution >= 0.6 is 23.5 Å². The number of aromatic nitrogens is 2. The summed E-state index contributed by atoms with van der Waals surface area (Å²) < 4.78 is 56.8. The van der Waals surface area contributed by atoms with E-state index in [0.717, 1.165) is 22.3 Å². The molecule has 41 heavy (non-hydrogen) atoms. The lowest BCUT2D eigenvalue weighted by molar-refractivity contribution is -0.0541. The molecule has 22 heteroatoms. The molecule has 7 N–H and O–H groups in total. The molecule has 1 aliphatic heterocycles. The number of phosphoric ester groups is 1. The monoisotopic (exact) mass is 647 g/mol. The largest absolute Gasteiger partial charge is 0.497 e. The SMILES string of the molecule is COc1ccc(CCCONc2ccn([C@@H]3O[C@H](COP(=O)(O)OP(=O)(O)OP(=O)(O)O)[C@@H](O)[C@H]3O)c(=O)n2)cc1. The Balaban J connectivity index is 1.50.